The number of halogens is 3. The van der Waals surface area contributed by atoms with Gasteiger partial charge in [-0.25, -0.2) is 0 Å². The molecule has 2 aliphatic rings. The number of piperidine rings is 1. The van der Waals surface area contributed by atoms with Gasteiger partial charge < -0.3 is 5.11 Å². The first kappa shape index (κ1) is 15.8. The van der Waals surface area contributed by atoms with E-state index in [0.717, 1.165) is 18.4 Å². The Labute approximate surface area is 128 Å². The van der Waals surface area contributed by atoms with Crippen molar-refractivity contribution in [3.63, 3.8) is 0 Å². The van der Waals surface area contributed by atoms with E-state index < -0.39 is 23.6 Å². The van der Waals surface area contributed by atoms with E-state index >= 15 is 0 Å². The third-order valence-corrected chi connectivity index (χ3v) is 5.26. The molecule has 2 bridgehead atoms. The fourth-order valence-electron chi connectivity index (χ4n) is 4.15. The first-order valence-electron chi connectivity index (χ1n) is 7.96. The maximum absolute atomic E-state index is 13.5. The molecule has 0 radical (unpaired) electrons. The molecule has 0 amide bonds. The highest BCUT2D eigenvalue weighted by molar-refractivity contribution is 5.15. The van der Waals surface area contributed by atoms with Gasteiger partial charge in [-0.05, 0) is 18.4 Å². The second-order valence-corrected chi connectivity index (χ2v) is 6.68. The third-order valence-electron chi connectivity index (χ3n) is 5.26. The Morgan fingerprint density at radius 1 is 1.05 bits per heavy atom. The van der Waals surface area contributed by atoms with E-state index in [2.05, 4.69) is 4.90 Å². The van der Waals surface area contributed by atoms with Gasteiger partial charge in [0.25, 0.3) is 0 Å². The molecule has 2 atom stereocenters. The monoisotopic (exact) mass is 313 g/mol. The molecule has 1 aliphatic heterocycles. The Kier molecular flexibility index (Phi) is 4.21. The van der Waals surface area contributed by atoms with Gasteiger partial charge in [-0.15, -0.1) is 0 Å². The van der Waals surface area contributed by atoms with Gasteiger partial charge in [0.15, 0.2) is 5.60 Å². The first-order valence-corrected chi connectivity index (χ1v) is 7.96. The summed E-state index contributed by atoms with van der Waals surface area (Å²) < 4.78 is 40.5. The molecule has 1 aromatic carbocycles. The van der Waals surface area contributed by atoms with E-state index in [1.165, 1.54) is 0 Å². The number of aliphatic hydroxyl groups is 1. The predicted octanol–water partition coefficient (Wildman–Crippen LogP) is 3.60. The molecule has 2 nitrogen and oxygen atoms in total. The van der Waals surface area contributed by atoms with Crippen LogP contribution in [0.2, 0.25) is 0 Å². The van der Waals surface area contributed by atoms with E-state index in [-0.39, 0.29) is 0 Å². The highest BCUT2D eigenvalue weighted by Gasteiger charge is 2.64. The van der Waals surface area contributed by atoms with E-state index in [1.807, 2.05) is 30.3 Å². The SMILES string of the molecule is OC1(C(F)(F)F)[C@@H]2CCCC[C@@H]1CN(Cc1ccccc1)C2. The van der Waals surface area contributed by atoms with Crippen LogP contribution in [0.4, 0.5) is 13.2 Å². The van der Waals surface area contributed by atoms with E-state index in [9.17, 15) is 18.3 Å². The van der Waals surface area contributed by atoms with E-state index in [1.54, 1.807) is 0 Å². The van der Waals surface area contributed by atoms with Gasteiger partial charge in [-0.2, -0.15) is 13.2 Å². The zero-order chi connectivity index (χ0) is 15.8. The Balaban J connectivity index is 1.81. The van der Waals surface area contributed by atoms with Gasteiger partial charge in [0, 0.05) is 31.5 Å². The van der Waals surface area contributed by atoms with Gasteiger partial charge in [0.1, 0.15) is 0 Å². The number of hydrogen-bond donors (Lipinski definition) is 1. The zero-order valence-corrected chi connectivity index (χ0v) is 12.5. The molecular weight excluding hydrogens is 291 g/mol. The van der Waals surface area contributed by atoms with Crippen molar-refractivity contribution in [2.24, 2.45) is 11.8 Å². The smallest absolute Gasteiger partial charge is 0.380 e. The van der Waals surface area contributed by atoms with E-state index in [0.29, 0.717) is 32.5 Å². The Morgan fingerprint density at radius 2 is 1.59 bits per heavy atom. The summed E-state index contributed by atoms with van der Waals surface area (Å²) in [6.07, 6.45) is -2.07. The zero-order valence-electron chi connectivity index (χ0n) is 12.5. The summed E-state index contributed by atoms with van der Waals surface area (Å²) in [7, 11) is 0. The lowest BCUT2D eigenvalue weighted by Crippen LogP contribution is -2.64. The Bertz CT molecular complexity index is 486. The molecule has 5 heteroatoms. The van der Waals surface area contributed by atoms with Crippen LogP contribution in [-0.2, 0) is 6.54 Å². The normalized spacial score (nSPS) is 33.5. The fourth-order valence-corrected chi connectivity index (χ4v) is 4.15. The average Bonchev–Trinajstić information content (AvgIpc) is 2.56. The number of nitrogens with zero attached hydrogens (tertiary/aromatic N) is 1. The highest BCUT2D eigenvalue weighted by Crippen LogP contribution is 2.50. The van der Waals surface area contributed by atoms with Crippen molar-refractivity contribution in [1.29, 1.82) is 0 Å². The number of benzene rings is 1. The molecular formula is C17H22F3NO. The Hall–Kier alpha value is -1.07. The molecule has 0 spiro atoms. The topological polar surface area (TPSA) is 23.5 Å². The molecule has 122 valence electrons. The molecule has 0 aromatic heterocycles. The molecule has 2 fully saturated rings. The number of hydrogen-bond acceptors (Lipinski definition) is 2. The summed E-state index contributed by atoms with van der Waals surface area (Å²) in [6.45, 7) is 1.30. The third kappa shape index (κ3) is 2.76. The molecule has 1 aromatic rings. The molecule has 1 aliphatic carbocycles. The number of likely N-dealkylation sites (tertiary alicyclic amines) is 1. The summed E-state index contributed by atoms with van der Waals surface area (Å²) in [5, 5.41) is 10.5. The summed E-state index contributed by atoms with van der Waals surface area (Å²) in [4.78, 5) is 2.08. The van der Waals surface area contributed by atoms with Crippen LogP contribution in [-0.4, -0.2) is 34.9 Å². The lowest BCUT2D eigenvalue weighted by Gasteiger charge is -2.49. The molecule has 1 heterocycles. The molecule has 1 saturated heterocycles. The van der Waals surface area contributed by atoms with Crippen molar-refractivity contribution in [1.82, 2.24) is 4.90 Å². The lowest BCUT2D eigenvalue weighted by molar-refractivity contribution is -0.311. The second kappa shape index (κ2) is 5.85. The summed E-state index contributed by atoms with van der Waals surface area (Å²) >= 11 is 0. The number of fused-ring (bicyclic) bond motifs is 2. The van der Waals surface area contributed by atoms with Crippen LogP contribution in [0.15, 0.2) is 30.3 Å². The van der Waals surface area contributed by atoms with Gasteiger partial charge in [0.05, 0.1) is 0 Å². The van der Waals surface area contributed by atoms with Crippen molar-refractivity contribution in [3.05, 3.63) is 35.9 Å². The number of alkyl halides is 3. The van der Waals surface area contributed by atoms with Crippen LogP contribution in [0.25, 0.3) is 0 Å². The van der Waals surface area contributed by atoms with Crippen molar-refractivity contribution < 1.29 is 18.3 Å². The van der Waals surface area contributed by atoms with Crippen LogP contribution in [0.3, 0.4) is 0 Å². The molecule has 1 N–H and O–H groups in total. The molecule has 22 heavy (non-hydrogen) atoms. The van der Waals surface area contributed by atoms with Gasteiger partial charge in [0.2, 0.25) is 0 Å². The van der Waals surface area contributed by atoms with Crippen molar-refractivity contribution in [3.8, 4) is 0 Å². The van der Waals surface area contributed by atoms with Crippen LogP contribution >= 0.6 is 0 Å². The summed E-state index contributed by atoms with van der Waals surface area (Å²) in [5.74, 6) is -1.42. The molecule has 3 rings (SSSR count). The maximum atomic E-state index is 13.5. The quantitative estimate of drug-likeness (QED) is 0.902. The highest BCUT2D eigenvalue weighted by atomic mass is 19.4. The maximum Gasteiger partial charge on any atom is 0.417 e. The lowest BCUT2D eigenvalue weighted by atomic mass is 9.72. The van der Waals surface area contributed by atoms with Crippen molar-refractivity contribution in [2.75, 3.05) is 13.1 Å². The minimum absolute atomic E-state index is 0.321. The van der Waals surface area contributed by atoms with Crippen molar-refractivity contribution in [2.45, 2.75) is 44.0 Å². The standard InChI is InChI=1S/C17H22F3NO/c18-17(19,20)16(22)14-8-4-5-9-15(16)12-21(11-14)10-13-6-2-1-3-7-13/h1-3,6-7,14-15,22H,4-5,8-12H2/t14-,15-/m1/s1. The molecule has 1 saturated carbocycles. The number of rotatable bonds is 2. The minimum atomic E-state index is -4.54. The van der Waals surface area contributed by atoms with E-state index in [4.69, 9.17) is 0 Å². The van der Waals surface area contributed by atoms with Crippen LogP contribution in [0.5, 0.6) is 0 Å². The average molecular weight is 313 g/mol. The molecule has 0 unspecified atom stereocenters. The largest absolute Gasteiger partial charge is 0.417 e. The van der Waals surface area contributed by atoms with Crippen molar-refractivity contribution >= 4 is 0 Å². The summed E-state index contributed by atoms with van der Waals surface area (Å²) in [6, 6.07) is 9.81. The Morgan fingerprint density at radius 3 is 2.09 bits per heavy atom. The van der Waals surface area contributed by atoms with Gasteiger partial charge in [-0.3, -0.25) is 4.90 Å². The predicted molar refractivity (Wildman–Crippen MR) is 78.2 cm³/mol. The second-order valence-electron chi connectivity index (χ2n) is 6.68. The van der Waals surface area contributed by atoms with Crippen LogP contribution < -0.4 is 0 Å². The summed E-state index contributed by atoms with van der Waals surface area (Å²) in [5.41, 5.74) is -1.40. The van der Waals surface area contributed by atoms with Gasteiger partial charge in [-0.1, -0.05) is 43.2 Å². The fraction of sp³-hybridized carbons (Fsp3) is 0.647. The minimum Gasteiger partial charge on any atom is -0.380 e. The van der Waals surface area contributed by atoms with Crippen LogP contribution in [0.1, 0.15) is 31.2 Å². The van der Waals surface area contributed by atoms with Crippen LogP contribution in [0, 0.1) is 11.8 Å². The van der Waals surface area contributed by atoms with Gasteiger partial charge >= 0.3 is 6.18 Å². The first-order chi connectivity index (χ1) is 10.4.